The predicted octanol–water partition coefficient (Wildman–Crippen LogP) is 7.29. The van der Waals surface area contributed by atoms with Crippen LogP contribution in [0.15, 0.2) is 54.6 Å². The minimum atomic E-state index is 0.270. The van der Waals surface area contributed by atoms with Crippen LogP contribution in [-0.2, 0) is 0 Å². The maximum atomic E-state index is 6.27. The van der Waals surface area contributed by atoms with Gasteiger partial charge in [-0.05, 0) is 59.0 Å². The third kappa shape index (κ3) is 3.66. The van der Waals surface area contributed by atoms with E-state index in [1.807, 2.05) is 36.4 Å². The van der Waals surface area contributed by atoms with Crippen molar-refractivity contribution in [3.63, 3.8) is 0 Å². The van der Waals surface area contributed by atoms with E-state index in [0.717, 1.165) is 27.9 Å². The average Bonchev–Trinajstić information content (AvgIpc) is 2.63. The van der Waals surface area contributed by atoms with E-state index < -0.39 is 0 Å². The molecule has 0 atom stereocenters. The van der Waals surface area contributed by atoms with Crippen molar-refractivity contribution in [2.45, 2.75) is 19.8 Å². The fourth-order valence-electron chi connectivity index (χ4n) is 3.26. The van der Waals surface area contributed by atoms with E-state index in [0.29, 0.717) is 15.7 Å². The average molecular weight is 403 g/mol. The van der Waals surface area contributed by atoms with Crippen molar-refractivity contribution in [1.82, 2.24) is 0 Å². The molecule has 0 aromatic heterocycles. The summed E-state index contributed by atoms with van der Waals surface area (Å²) in [7, 11) is 0. The minimum Gasteiger partial charge on any atom is -0.398 e. The highest BCUT2D eigenvalue weighted by Crippen LogP contribution is 2.42. The van der Waals surface area contributed by atoms with Crippen LogP contribution in [0.4, 0.5) is 11.4 Å². The summed E-state index contributed by atoms with van der Waals surface area (Å²) in [4.78, 5) is 0. The zero-order chi connectivity index (χ0) is 18.8. The highest BCUT2D eigenvalue weighted by Gasteiger charge is 2.18. The molecule has 0 saturated carbocycles. The highest BCUT2D eigenvalue weighted by atomic mass is 35.5. The van der Waals surface area contributed by atoms with E-state index >= 15 is 0 Å². The minimum absolute atomic E-state index is 0.270. The predicted molar refractivity (Wildman–Crippen MR) is 118 cm³/mol. The van der Waals surface area contributed by atoms with Crippen LogP contribution in [-0.4, -0.2) is 0 Å². The molecule has 0 radical (unpaired) electrons. The van der Waals surface area contributed by atoms with Gasteiger partial charge < -0.3 is 10.5 Å². The summed E-state index contributed by atoms with van der Waals surface area (Å²) in [5, 5.41) is 1.34. The summed E-state index contributed by atoms with van der Waals surface area (Å²) >= 11 is 16.7. The molecule has 0 amide bonds. The van der Waals surface area contributed by atoms with Gasteiger partial charge in [0.2, 0.25) is 0 Å². The Kier molecular flexibility index (Phi) is 5.71. The van der Waals surface area contributed by atoms with Crippen LogP contribution in [0.5, 0.6) is 0 Å². The number of anilines is 2. The van der Waals surface area contributed by atoms with Crippen molar-refractivity contribution in [3.8, 4) is 22.3 Å². The molecule has 0 unspecified atom stereocenters. The summed E-state index contributed by atoms with van der Waals surface area (Å²) < 4.78 is 2.96. The normalized spacial score (nSPS) is 11.0. The molecule has 0 bridgehead atoms. The maximum Gasteiger partial charge on any atom is 0.0518 e. The number of nitrogen functional groups attached to an aromatic ring is 1. The number of halogens is 2. The van der Waals surface area contributed by atoms with Gasteiger partial charge >= 0.3 is 0 Å². The Morgan fingerprint density at radius 2 is 1.42 bits per heavy atom. The number of hydrogen-bond acceptors (Lipinski definition) is 3. The first-order chi connectivity index (χ1) is 12.4. The first-order valence-corrected chi connectivity index (χ1v) is 9.51. The van der Waals surface area contributed by atoms with Crippen molar-refractivity contribution in [2.24, 2.45) is 0 Å². The lowest BCUT2D eigenvalue weighted by molar-refractivity contribution is 0.871. The Bertz CT molecular complexity index is 955. The molecule has 3 aromatic carbocycles. The van der Waals surface area contributed by atoms with Gasteiger partial charge in [0.25, 0.3) is 0 Å². The first-order valence-electron chi connectivity index (χ1n) is 8.30. The Balaban J connectivity index is 2.33. The van der Waals surface area contributed by atoms with Crippen LogP contribution in [0.3, 0.4) is 0 Å². The molecule has 0 aliphatic carbocycles. The number of nitrogens with two attached hydrogens (primary N) is 1. The van der Waals surface area contributed by atoms with E-state index in [4.69, 9.17) is 28.9 Å². The Morgan fingerprint density at radius 3 is 2.04 bits per heavy atom. The van der Waals surface area contributed by atoms with Crippen molar-refractivity contribution in [2.75, 3.05) is 10.5 Å². The van der Waals surface area contributed by atoms with E-state index in [-0.39, 0.29) is 5.92 Å². The summed E-state index contributed by atoms with van der Waals surface area (Å²) in [5.41, 5.74) is 13.1. The van der Waals surface area contributed by atoms with Crippen molar-refractivity contribution in [3.05, 3.63) is 70.2 Å². The largest absolute Gasteiger partial charge is 0.398 e. The quantitative estimate of drug-likeness (QED) is 0.316. The van der Waals surface area contributed by atoms with E-state index in [1.165, 1.54) is 5.56 Å². The van der Waals surface area contributed by atoms with Gasteiger partial charge in [-0.2, -0.15) is 0 Å². The SMILES string of the molecule is CC(C)c1c(-c2cc(Cl)ccc2N)cccc1-c1cc(Cl)ccc1NS. The second-order valence-electron chi connectivity index (χ2n) is 6.45. The van der Waals surface area contributed by atoms with Crippen molar-refractivity contribution >= 4 is 47.4 Å². The van der Waals surface area contributed by atoms with Gasteiger partial charge in [-0.3, -0.25) is 0 Å². The molecule has 0 spiro atoms. The number of hydrogen-bond donors (Lipinski definition) is 3. The zero-order valence-corrected chi connectivity index (χ0v) is 17.0. The summed E-state index contributed by atoms with van der Waals surface area (Å²) in [6.45, 7) is 4.34. The van der Waals surface area contributed by atoms with Crippen LogP contribution in [0.25, 0.3) is 22.3 Å². The molecule has 3 aromatic rings. The topological polar surface area (TPSA) is 38.0 Å². The van der Waals surface area contributed by atoms with Crippen molar-refractivity contribution in [1.29, 1.82) is 0 Å². The first kappa shape index (κ1) is 19.0. The van der Waals surface area contributed by atoms with E-state index in [1.54, 1.807) is 6.07 Å². The highest BCUT2D eigenvalue weighted by molar-refractivity contribution is 7.81. The Morgan fingerprint density at radius 1 is 0.846 bits per heavy atom. The molecule has 26 heavy (non-hydrogen) atoms. The lowest BCUT2D eigenvalue weighted by Gasteiger charge is -2.21. The molecule has 3 N–H and O–H groups in total. The molecule has 0 saturated heterocycles. The molecule has 0 fully saturated rings. The molecule has 2 nitrogen and oxygen atoms in total. The molecule has 5 heteroatoms. The molecular formula is C21H20Cl2N2S. The van der Waals surface area contributed by atoms with Crippen LogP contribution < -0.4 is 10.5 Å². The lowest BCUT2D eigenvalue weighted by Crippen LogP contribution is -2.00. The fraction of sp³-hybridized carbons (Fsp3) is 0.143. The smallest absolute Gasteiger partial charge is 0.0518 e. The third-order valence-corrected chi connectivity index (χ3v) is 5.09. The summed E-state index contributed by atoms with van der Waals surface area (Å²) in [6.07, 6.45) is 0. The van der Waals surface area contributed by atoms with Crippen molar-refractivity contribution < 1.29 is 0 Å². The monoisotopic (exact) mass is 402 g/mol. The Hall–Kier alpha value is -1.81. The van der Waals surface area contributed by atoms with Gasteiger partial charge in [-0.1, -0.05) is 68.1 Å². The standard InChI is InChI=1S/C21H20Cl2N2S/c1-12(2)21-15(17-10-13(22)6-8-19(17)24)4-3-5-16(21)18-11-14(23)7-9-20(18)25-26/h3-12,25-26H,24H2,1-2H3. The summed E-state index contributed by atoms with van der Waals surface area (Å²) in [6, 6.07) is 17.5. The number of nitrogens with one attached hydrogen (secondary N) is 1. The number of rotatable bonds is 4. The van der Waals surface area contributed by atoms with Gasteiger partial charge in [0.1, 0.15) is 0 Å². The van der Waals surface area contributed by atoms with Crippen LogP contribution in [0.2, 0.25) is 10.0 Å². The van der Waals surface area contributed by atoms with Gasteiger partial charge in [-0.15, -0.1) is 0 Å². The summed E-state index contributed by atoms with van der Waals surface area (Å²) in [5.74, 6) is 0.270. The molecule has 3 rings (SSSR count). The third-order valence-electron chi connectivity index (χ3n) is 4.38. The van der Waals surface area contributed by atoms with Gasteiger partial charge in [-0.25, -0.2) is 0 Å². The van der Waals surface area contributed by atoms with Crippen LogP contribution in [0, 0.1) is 0 Å². The number of thiol groups is 1. The van der Waals surface area contributed by atoms with Gasteiger partial charge in [0.15, 0.2) is 0 Å². The second kappa shape index (κ2) is 7.83. The van der Waals surface area contributed by atoms with Crippen LogP contribution >= 0.6 is 36.0 Å². The fourth-order valence-corrected chi connectivity index (χ4v) is 3.79. The van der Waals surface area contributed by atoms with Crippen LogP contribution in [0.1, 0.15) is 25.3 Å². The maximum absolute atomic E-state index is 6.27. The molecular weight excluding hydrogens is 383 g/mol. The Labute approximate surface area is 169 Å². The zero-order valence-electron chi connectivity index (χ0n) is 14.6. The second-order valence-corrected chi connectivity index (χ2v) is 7.55. The number of benzene rings is 3. The van der Waals surface area contributed by atoms with Gasteiger partial charge in [0.05, 0.1) is 5.69 Å². The molecule has 0 aliphatic rings. The van der Waals surface area contributed by atoms with Gasteiger partial charge in [0, 0.05) is 26.9 Å². The molecule has 0 aliphatic heterocycles. The molecule has 134 valence electrons. The van der Waals surface area contributed by atoms with E-state index in [9.17, 15) is 0 Å². The molecule has 0 heterocycles. The van der Waals surface area contributed by atoms with E-state index in [2.05, 4.69) is 43.5 Å². The lowest BCUT2D eigenvalue weighted by atomic mass is 9.85.